The van der Waals surface area contributed by atoms with E-state index in [4.69, 9.17) is 9.73 Å². The maximum absolute atomic E-state index is 13.4. The first-order valence-electron chi connectivity index (χ1n) is 11.2. The molecule has 1 aliphatic heterocycles. The van der Waals surface area contributed by atoms with Crippen LogP contribution >= 0.6 is 11.3 Å². The van der Waals surface area contributed by atoms with Crippen LogP contribution in [-0.4, -0.2) is 17.1 Å². The molecule has 0 saturated heterocycles. The summed E-state index contributed by atoms with van der Waals surface area (Å²) in [4.78, 5) is 31.1. The fourth-order valence-electron chi connectivity index (χ4n) is 4.53. The van der Waals surface area contributed by atoms with E-state index in [0.717, 1.165) is 41.7 Å². The second-order valence-electron chi connectivity index (χ2n) is 8.05. The molecule has 0 radical (unpaired) electrons. The van der Waals surface area contributed by atoms with Gasteiger partial charge in [-0.3, -0.25) is 9.36 Å². The predicted molar refractivity (Wildman–Crippen MR) is 130 cm³/mol. The molecule has 33 heavy (non-hydrogen) atoms. The third kappa shape index (κ3) is 4.14. The summed E-state index contributed by atoms with van der Waals surface area (Å²) in [7, 11) is 0. The number of carbonyl (C=O) groups is 1. The minimum absolute atomic E-state index is 0.202. The van der Waals surface area contributed by atoms with Gasteiger partial charge in [0, 0.05) is 6.08 Å². The summed E-state index contributed by atoms with van der Waals surface area (Å²) in [5.41, 5.74) is 5.30. The van der Waals surface area contributed by atoms with Gasteiger partial charge in [0.25, 0.3) is 5.56 Å². The van der Waals surface area contributed by atoms with E-state index in [1.807, 2.05) is 36.4 Å². The molecular weight excluding hydrogens is 432 g/mol. The lowest BCUT2D eigenvalue weighted by Crippen LogP contribution is -2.39. The largest absolute Gasteiger partial charge is 0.463 e. The predicted octanol–water partition coefficient (Wildman–Crippen LogP) is 4.00. The average Bonchev–Trinajstić information content (AvgIpc) is 3.14. The first-order valence-corrected chi connectivity index (χ1v) is 12.0. The standard InChI is InChI=1S/C27H24N2O3S/c1-2-32-23(30)17-22-26(31)29-25(19-12-7-4-8-13-19)21-15-9-14-20(24(21)28-27(29)33-22)16-18-10-5-3-6-11-18/h3-8,10-13,16-17,25H,2,9,14-15H2,1H3/b20-16+,22-17-. The molecule has 5 rings (SSSR count). The van der Waals surface area contributed by atoms with Crippen molar-refractivity contribution < 1.29 is 9.53 Å². The van der Waals surface area contributed by atoms with Crippen molar-refractivity contribution in [1.82, 2.24) is 4.57 Å². The fraction of sp³-hybridized carbons (Fsp3) is 0.222. The number of rotatable bonds is 4. The molecule has 1 aliphatic carbocycles. The van der Waals surface area contributed by atoms with Gasteiger partial charge in [-0.05, 0) is 54.5 Å². The van der Waals surface area contributed by atoms with Gasteiger partial charge in [0.1, 0.15) is 4.53 Å². The molecule has 0 bridgehead atoms. The van der Waals surface area contributed by atoms with Crippen molar-refractivity contribution >= 4 is 29.5 Å². The number of allylic oxidation sites excluding steroid dienone is 2. The second kappa shape index (κ2) is 9.16. The molecule has 0 N–H and O–H groups in total. The van der Waals surface area contributed by atoms with Crippen molar-refractivity contribution in [2.24, 2.45) is 4.99 Å². The number of aromatic nitrogens is 1. The monoisotopic (exact) mass is 456 g/mol. The van der Waals surface area contributed by atoms with Crippen LogP contribution in [0.5, 0.6) is 0 Å². The zero-order valence-corrected chi connectivity index (χ0v) is 19.2. The summed E-state index contributed by atoms with van der Waals surface area (Å²) in [5, 5.41) is 0. The van der Waals surface area contributed by atoms with E-state index in [2.05, 4.69) is 30.3 Å². The van der Waals surface area contributed by atoms with Crippen LogP contribution in [0.1, 0.15) is 43.4 Å². The van der Waals surface area contributed by atoms with Crippen LogP contribution in [-0.2, 0) is 9.53 Å². The first-order chi connectivity index (χ1) is 16.2. The summed E-state index contributed by atoms with van der Waals surface area (Å²) in [5.74, 6) is -0.507. The van der Waals surface area contributed by atoms with Crippen LogP contribution < -0.4 is 14.9 Å². The van der Waals surface area contributed by atoms with Crippen LogP contribution in [0, 0.1) is 0 Å². The Hall–Kier alpha value is -3.51. The Morgan fingerprint density at radius 2 is 1.85 bits per heavy atom. The average molecular weight is 457 g/mol. The lowest BCUT2D eigenvalue weighted by atomic mass is 9.84. The number of esters is 1. The molecule has 0 amide bonds. The molecule has 6 heteroatoms. The normalized spacial score (nSPS) is 19.1. The second-order valence-corrected chi connectivity index (χ2v) is 9.06. The molecule has 166 valence electrons. The summed E-state index contributed by atoms with van der Waals surface area (Å²) in [6.45, 7) is 2.01. The zero-order chi connectivity index (χ0) is 22.8. The van der Waals surface area contributed by atoms with Crippen molar-refractivity contribution in [1.29, 1.82) is 0 Å². The number of fused-ring (bicyclic) bond motifs is 1. The Balaban J connectivity index is 1.74. The van der Waals surface area contributed by atoms with Crippen molar-refractivity contribution in [2.45, 2.75) is 32.2 Å². The highest BCUT2D eigenvalue weighted by atomic mass is 32.1. The lowest BCUT2D eigenvalue weighted by molar-refractivity contribution is -0.135. The number of carbonyl (C=O) groups excluding carboxylic acids is 1. The van der Waals surface area contributed by atoms with Crippen LogP contribution in [0.4, 0.5) is 0 Å². The first kappa shape index (κ1) is 21.3. The molecule has 3 aromatic rings. The smallest absolute Gasteiger partial charge is 0.332 e. The van der Waals surface area contributed by atoms with Crippen LogP contribution in [0.25, 0.3) is 12.2 Å². The Labute approximate surface area is 195 Å². The van der Waals surface area contributed by atoms with Gasteiger partial charge in [-0.25, -0.2) is 9.79 Å². The number of nitrogens with zero attached hydrogens (tertiary/aromatic N) is 2. The zero-order valence-electron chi connectivity index (χ0n) is 18.4. The highest BCUT2D eigenvalue weighted by molar-refractivity contribution is 7.07. The third-order valence-electron chi connectivity index (χ3n) is 5.92. The molecule has 1 atom stereocenters. The van der Waals surface area contributed by atoms with E-state index in [9.17, 15) is 9.59 Å². The van der Waals surface area contributed by atoms with Crippen molar-refractivity contribution in [3.05, 3.63) is 108 Å². The third-order valence-corrected chi connectivity index (χ3v) is 6.91. The van der Waals surface area contributed by atoms with E-state index < -0.39 is 5.97 Å². The van der Waals surface area contributed by atoms with Gasteiger partial charge in [0.05, 0.1) is 18.3 Å². The van der Waals surface area contributed by atoms with Crippen molar-refractivity contribution in [3.63, 3.8) is 0 Å². The van der Waals surface area contributed by atoms with Gasteiger partial charge in [0.15, 0.2) is 4.80 Å². The minimum atomic E-state index is -0.507. The van der Waals surface area contributed by atoms with Crippen LogP contribution in [0.2, 0.25) is 0 Å². The summed E-state index contributed by atoms with van der Waals surface area (Å²) in [6, 6.07) is 20.1. The fourth-order valence-corrected chi connectivity index (χ4v) is 5.49. The van der Waals surface area contributed by atoms with Gasteiger partial charge in [-0.2, -0.15) is 0 Å². The van der Waals surface area contributed by atoms with Crippen molar-refractivity contribution in [2.75, 3.05) is 6.61 Å². The van der Waals surface area contributed by atoms with E-state index in [1.54, 1.807) is 11.5 Å². The molecule has 5 nitrogen and oxygen atoms in total. The number of ether oxygens (including phenoxy) is 1. The lowest BCUT2D eigenvalue weighted by Gasteiger charge is -2.31. The molecule has 2 heterocycles. The van der Waals surface area contributed by atoms with Crippen LogP contribution in [0.3, 0.4) is 0 Å². The quantitative estimate of drug-likeness (QED) is 0.558. The summed E-state index contributed by atoms with van der Waals surface area (Å²) in [6.07, 6.45) is 6.32. The van der Waals surface area contributed by atoms with Gasteiger partial charge in [0.2, 0.25) is 0 Å². The molecule has 1 unspecified atom stereocenters. The number of hydrogen-bond donors (Lipinski definition) is 0. The van der Waals surface area contributed by atoms with E-state index in [1.165, 1.54) is 23.0 Å². The topological polar surface area (TPSA) is 60.7 Å². The highest BCUT2D eigenvalue weighted by Gasteiger charge is 2.32. The molecular formula is C27H24N2O3S. The molecule has 0 fully saturated rings. The SMILES string of the molecule is CCOC(=O)/C=c1\sc2n(c1=O)C(c1ccccc1)C1=C(N=2)/C(=C/c2ccccc2)CCC1. The Morgan fingerprint density at radius 3 is 2.58 bits per heavy atom. The molecule has 1 aromatic heterocycles. The maximum atomic E-state index is 13.4. The Kier molecular flexibility index (Phi) is 5.92. The molecule has 0 spiro atoms. The number of benzene rings is 2. The Morgan fingerprint density at radius 1 is 1.12 bits per heavy atom. The highest BCUT2D eigenvalue weighted by Crippen LogP contribution is 2.40. The maximum Gasteiger partial charge on any atom is 0.332 e. The molecule has 2 aromatic carbocycles. The summed E-state index contributed by atoms with van der Waals surface area (Å²) < 4.78 is 7.13. The summed E-state index contributed by atoms with van der Waals surface area (Å²) >= 11 is 1.24. The minimum Gasteiger partial charge on any atom is -0.463 e. The molecule has 0 saturated carbocycles. The van der Waals surface area contributed by atoms with Crippen LogP contribution in [0.15, 0.2) is 87.3 Å². The van der Waals surface area contributed by atoms with Gasteiger partial charge < -0.3 is 4.74 Å². The van der Waals surface area contributed by atoms with E-state index >= 15 is 0 Å². The van der Waals surface area contributed by atoms with Gasteiger partial charge in [-0.15, -0.1) is 0 Å². The Bertz CT molecular complexity index is 1430. The number of thiazole rings is 1. The van der Waals surface area contributed by atoms with Crippen molar-refractivity contribution in [3.8, 4) is 0 Å². The van der Waals surface area contributed by atoms with E-state index in [0.29, 0.717) is 9.33 Å². The van der Waals surface area contributed by atoms with Gasteiger partial charge in [-0.1, -0.05) is 72.0 Å². The van der Waals surface area contributed by atoms with Gasteiger partial charge >= 0.3 is 5.97 Å². The van der Waals surface area contributed by atoms with E-state index in [-0.39, 0.29) is 18.2 Å². The number of hydrogen-bond acceptors (Lipinski definition) is 5. The molecule has 2 aliphatic rings.